The molecule has 0 bridgehead atoms. The van der Waals surface area contributed by atoms with Crippen molar-refractivity contribution in [1.82, 2.24) is 35.3 Å². The van der Waals surface area contributed by atoms with E-state index in [9.17, 15) is 33.3 Å². The predicted molar refractivity (Wildman–Crippen MR) is 223 cm³/mol. The van der Waals surface area contributed by atoms with E-state index < -0.39 is 61.6 Å². The van der Waals surface area contributed by atoms with E-state index in [2.05, 4.69) is 20.5 Å². The molecule has 1 aromatic heterocycles. The SMILES string of the molecule is CCCCOC(=O)N1CCN(C(=O)[C@H](CP(=O)(N[C@@H](C)C(=O)OCC)N[C@@H](C)C(=O)OCC)NC(=O)c2cc(N3C[C@@H]4C(C(=O)OCC)[C@@H]4C3)nc(-c3ccccc3)n2)CC1. The zero-order valence-corrected chi connectivity index (χ0v) is 36.7. The Morgan fingerprint density at radius 3 is 1.92 bits per heavy atom. The van der Waals surface area contributed by atoms with Gasteiger partial charge in [-0.1, -0.05) is 43.7 Å². The minimum Gasteiger partial charge on any atom is -0.466 e. The van der Waals surface area contributed by atoms with Gasteiger partial charge in [0.05, 0.1) is 38.5 Å². The molecule has 3 N–H and O–H groups in total. The van der Waals surface area contributed by atoms with Crippen molar-refractivity contribution in [1.29, 1.82) is 0 Å². The summed E-state index contributed by atoms with van der Waals surface area (Å²) in [6, 6.07) is 6.75. The van der Waals surface area contributed by atoms with Crippen molar-refractivity contribution in [2.24, 2.45) is 17.8 Å². The summed E-state index contributed by atoms with van der Waals surface area (Å²) in [4.78, 5) is 94.1. The van der Waals surface area contributed by atoms with Crippen LogP contribution < -0.4 is 20.4 Å². The minimum absolute atomic E-state index is 0.0493. The molecule has 3 heterocycles. The van der Waals surface area contributed by atoms with E-state index >= 15 is 0 Å². The second-order valence-corrected chi connectivity index (χ2v) is 17.6. The molecule has 1 aromatic carbocycles. The Hall–Kier alpha value is -5.13. The van der Waals surface area contributed by atoms with Crippen LogP contribution in [0.25, 0.3) is 11.4 Å². The summed E-state index contributed by atoms with van der Waals surface area (Å²) in [5.41, 5.74) is 0.545. The summed E-state index contributed by atoms with van der Waals surface area (Å²) in [7, 11) is -4.17. The van der Waals surface area contributed by atoms with Crippen LogP contribution in [0.5, 0.6) is 0 Å². The third kappa shape index (κ3) is 12.3. The third-order valence-corrected chi connectivity index (χ3v) is 13.2. The van der Waals surface area contributed by atoms with E-state index in [0.717, 1.165) is 6.42 Å². The lowest BCUT2D eigenvalue weighted by Gasteiger charge is -2.37. The first-order chi connectivity index (χ1) is 29.2. The average molecular weight is 871 g/mol. The lowest BCUT2D eigenvalue weighted by molar-refractivity contribution is -0.146. The van der Waals surface area contributed by atoms with Crippen molar-refractivity contribution in [3.63, 3.8) is 0 Å². The van der Waals surface area contributed by atoms with Crippen molar-refractivity contribution >= 4 is 49.1 Å². The molecule has 19 nitrogen and oxygen atoms in total. The molecule has 1 unspecified atom stereocenters. The van der Waals surface area contributed by atoms with Gasteiger partial charge in [-0.2, -0.15) is 0 Å². The van der Waals surface area contributed by atoms with Crippen LogP contribution in [0.1, 0.15) is 64.9 Å². The van der Waals surface area contributed by atoms with Crippen molar-refractivity contribution in [2.45, 2.75) is 72.5 Å². The molecule has 0 radical (unpaired) electrons. The number of aromatic nitrogens is 2. The number of fused-ring (bicyclic) bond motifs is 1. The van der Waals surface area contributed by atoms with E-state index in [1.807, 2.05) is 30.0 Å². The molecule has 2 saturated heterocycles. The van der Waals surface area contributed by atoms with Gasteiger partial charge in [0.15, 0.2) is 5.82 Å². The zero-order valence-electron chi connectivity index (χ0n) is 35.8. The first kappa shape index (κ1) is 46.9. The van der Waals surface area contributed by atoms with E-state index in [0.29, 0.717) is 37.5 Å². The van der Waals surface area contributed by atoms with Crippen LogP contribution in [0.2, 0.25) is 0 Å². The number of amides is 3. The number of esters is 3. The molecule has 0 spiro atoms. The van der Waals surface area contributed by atoms with Gasteiger partial charge >= 0.3 is 24.0 Å². The molecule has 334 valence electrons. The molecule has 1 aliphatic carbocycles. The fourth-order valence-electron chi connectivity index (χ4n) is 7.54. The average Bonchev–Trinajstić information content (AvgIpc) is 3.76. The first-order valence-corrected chi connectivity index (χ1v) is 23.0. The summed E-state index contributed by atoms with van der Waals surface area (Å²) in [5.74, 6) is -2.41. The maximum atomic E-state index is 15.0. The van der Waals surface area contributed by atoms with Gasteiger partial charge in [0.2, 0.25) is 13.4 Å². The number of hydrogen-bond acceptors (Lipinski definition) is 14. The van der Waals surface area contributed by atoms with Gasteiger partial charge in [0, 0.05) is 50.9 Å². The van der Waals surface area contributed by atoms with E-state index in [1.165, 1.54) is 29.7 Å². The van der Waals surface area contributed by atoms with Crippen LogP contribution in [-0.2, 0) is 42.7 Å². The third-order valence-electron chi connectivity index (χ3n) is 10.8. The van der Waals surface area contributed by atoms with Crippen molar-refractivity contribution in [3.8, 4) is 11.4 Å². The molecule has 5 rings (SSSR count). The van der Waals surface area contributed by atoms with Crippen LogP contribution in [0.3, 0.4) is 0 Å². The summed E-state index contributed by atoms with van der Waals surface area (Å²) < 4.78 is 35.9. The Kier molecular flexibility index (Phi) is 16.6. The summed E-state index contributed by atoms with van der Waals surface area (Å²) in [5, 5.41) is 8.30. The lowest BCUT2D eigenvalue weighted by Crippen LogP contribution is -2.57. The molecule has 3 fully saturated rings. The molecule has 2 aliphatic heterocycles. The van der Waals surface area contributed by atoms with E-state index in [1.54, 1.807) is 32.9 Å². The second kappa shape index (κ2) is 21.6. The fourth-order valence-corrected chi connectivity index (χ4v) is 10.0. The number of unbranched alkanes of at least 4 members (excludes halogenated alkanes) is 1. The topological polar surface area (TPSA) is 228 Å². The van der Waals surface area contributed by atoms with Gasteiger partial charge in [-0.15, -0.1) is 0 Å². The predicted octanol–water partition coefficient (Wildman–Crippen LogP) is 2.84. The number of piperazine rings is 1. The molecule has 6 atom stereocenters. The van der Waals surface area contributed by atoms with Crippen LogP contribution in [-0.4, -0.2) is 146 Å². The fraction of sp³-hybridized carbons (Fsp3) is 0.610. The van der Waals surface area contributed by atoms with Crippen LogP contribution in [0.15, 0.2) is 36.4 Å². The Morgan fingerprint density at radius 2 is 1.36 bits per heavy atom. The smallest absolute Gasteiger partial charge is 0.409 e. The standard InChI is InChI=1S/C41H59N8O11P/c1-7-11-21-60-41(55)48-19-17-47(18-20-48)37(51)32(25-61(56,45-26(5)38(52)57-8-2)46-27(6)39(53)58-9-3)43-36(50)31-22-33(44-35(42-31)28-15-13-12-14-16-28)49-23-29-30(24-49)34(29)40(54)59-10-4/h12-16,22,26-27,29-30,32,34H,7-11,17-21,23-25H2,1-6H3,(H,43,50)(H2,45,46,56)/t26-,27-,29-,30+,32-,34?/m0/s1. The number of anilines is 1. The Bertz CT molecular complexity index is 1890. The largest absolute Gasteiger partial charge is 0.466 e. The molecule has 1 saturated carbocycles. The summed E-state index contributed by atoms with van der Waals surface area (Å²) >= 11 is 0. The van der Waals surface area contributed by atoms with Gasteiger partial charge in [-0.3, -0.25) is 28.5 Å². The highest BCUT2D eigenvalue weighted by molar-refractivity contribution is 7.60. The highest BCUT2D eigenvalue weighted by Crippen LogP contribution is 2.53. The van der Waals surface area contributed by atoms with Gasteiger partial charge in [0.25, 0.3) is 5.91 Å². The number of carbonyl (C=O) groups is 6. The van der Waals surface area contributed by atoms with Gasteiger partial charge in [-0.05, 0) is 52.9 Å². The zero-order chi connectivity index (χ0) is 44.3. The Balaban J connectivity index is 1.46. The van der Waals surface area contributed by atoms with Gasteiger partial charge in [0.1, 0.15) is 29.6 Å². The first-order valence-electron chi connectivity index (χ1n) is 21.1. The highest BCUT2D eigenvalue weighted by atomic mass is 31.2. The number of ether oxygens (including phenoxy) is 4. The van der Waals surface area contributed by atoms with Crippen LogP contribution in [0, 0.1) is 17.8 Å². The van der Waals surface area contributed by atoms with Crippen LogP contribution >= 0.6 is 7.44 Å². The molecule has 3 amide bonds. The number of piperidine rings is 1. The number of hydrogen-bond donors (Lipinski definition) is 3. The second-order valence-electron chi connectivity index (χ2n) is 15.2. The lowest BCUT2D eigenvalue weighted by atomic mass is 10.2. The number of benzene rings is 1. The molecule has 20 heteroatoms. The summed E-state index contributed by atoms with van der Waals surface area (Å²) in [6.07, 6.45) is 0.476. The van der Waals surface area contributed by atoms with Crippen molar-refractivity contribution < 1.29 is 52.3 Å². The number of nitrogens with zero attached hydrogens (tertiary/aromatic N) is 5. The molecular formula is C41H59N8O11P. The minimum atomic E-state index is -4.17. The van der Waals surface area contributed by atoms with Crippen molar-refractivity contribution in [3.05, 3.63) is 42.1 Å². The molecule has 3 aliphatic rings. The van der Waals surface area contributed by atoms with E-state index in [-0.39, 0.29) is 81.2 Å². The monoisotopic (exact) mass is 870 g/mol. The number of nitrogens with one attached hydrogen (secondary N) is 3. The van der Waals surface area contributed by atoms with Gasteiger partial charge < -0.3 is 39.0 Å². The summed E-state index contributed by atoms with van der Waals surface area (Å²) in [6.45, 7) is 12.0. The molecular weight excluding hydrogens is 811 g/mol. The maximum Gasteiger partial charge on any atom is 0.409 e. The normalized spacial score (nSPS) is 19.8. The molecule has 61 heavy (non-hydrogen) atoms. The Morgan fingerprint density at radius 1 is 0.787 bits per heavy atom. The van der Waals surface area contributed by atoms with Crippen molar-refractivity contribution in [2.75, 3.05) is 76.8 Å². The number of rotatable bonds is 20. The highest BCUT2D eigenvalue weighted by Gasteiger charge is 2.60. The van der Waals surface area contributed by atoms with Gasteiger partial charge in [-0.25, -0.2) is 24.9 Å². The Labute approximate surface area is 356 Å². The maximum absolute atomic E-state index is 15.0. The van der Waals surface area contributed by atoms with E-state index in [4.69, 9.17) is 23.9 Å². The number of carbonyl (C=O) groups excluding carboxylic acids is 6. The quantitative estimate of drug-likeness (QED) is 0.0752. The molecule has 2 aromatic rings. The van der Waals surface area contributed by atoms with Crippen LogP contribution in [0.4, 0.5) is 10.6 Å².